The molecule has 0 atom stereocenters. The molecule has 0 unspecified atom stereocenters. The van der Waals surface area contributed by atoms with Crippen LogP contribution >= 0.6 is 11.3 Å². The smallest absolute Gasteiger partial charge is 0.266 e. The van der Waals surface area contributed by atoms with E-state index in [9.17, 15) is 4.79 Å². The van der Waals surface area contributed by atoms with Gasteiger partial charge in [0, 0.05) is 6.42 Å². The van der Waals surface area contributed by atoms with Gasteiger partial charge >= 0.3 is 0 Å². The number of carbonyl (C=O) groups is 1. The highest BCUT2D eigenvalue weighted by atomic mass is 32.1. The molecule has 0 aliphatic rings. The van der Waals surface area contributed by atoms with Crippen molar-refractivity contribution in [2.24, 2.45) is 5.10 Å². The fourth-order valence-electron chi connectivity index (χ4n) is 2.26. The number of thiazole rings is 1. The summed E-state index contributed by atoms with van der Waals surface area (Å²) in [7, 11) is 0. The van der Waals surface area contributed by atoms with Gasteiger partial charge in [0.25, 0.3) is 5.91 Å². The van der Waals surface area contributed by atoms with Crippen molar-refractivity contribution < 1.29 is 4.79 Å². The first-order valence-corrected chi connectivity index (χ1v) is 8.43. The molecule has 1 heterocycles. The molecule has 0 radical (unpaired) electrons. The molecule has 1 amide bonds. The van der Waals surface area contributed by atoms with Crippen molar-refractivity contribution >= 4 is 23.5 Å². The summed E-state index contributed by atoms with van der Waals surface area (Å²) >= 11 is 1.41. The summed E-state index contributed by atoms with van der Waals surface area (Å²) in [6.45, 7) is 1.85. The highest BCUT2D eigenvalue weighted by Gasteiger charge is 2.14. The Morgan fingerprint density at radius 1 is 1.12 bits per heavy atom. The molecular weight excluding hydrogens is 318 g/mol. The van der Waals surface area contributed by atoms with E-state index in [-0.39, 0.29) is 5.91 Å². The number of benzene rings is 2. The molecule has 0 aliphatic carbocycles. The number of hydrazone groups is 1. The van der Waals surface area contributed by atoms with Crippen molar-refractivity contribution in [2.75, 3.05) is 0 Å². The van der Waals surface area contributed by atoms with E-state index in [0.29, 0.717) is 4.88 Å². The number of nitrogens with zero attached hydrogens (tertiary/aromatic N) is 2. The third-order valence-corrected chi connectivity index (χ3v) is 4.58. The Morgan fingerprint density at radius 3 is 2.50 bits per heavy atom. The maximum atomic E-state index is 12.3. The maximum absolute atomic E-state index is 12.3. The molecule has 0 fully saturated rings. The Bertz CT molecular complexity index is 842. The molecule has 0 saturated heterocycles. The topological polar surface area (TPSA) is 54.4 Å². The molecule has 0 aliphatic heterocycles. The Morgan fingerprint density at radius 2 is 1.79 bits per heavy atom. The minimum Gasteiger partial charge on any atom is -0.266 e. The molecule has 3 rings (SSSR count). The van der Waals surface area contributed by atoms with Gasteiger partial charge in [0.2, 0.25) is 0 Å². The van der Waals surface area contributed by atoms with E-state index in [1.165, 1.54) is 16.9 Å². The summed E-state index contributed by atoms with van der Waals surface area (Å²) in [6.07, 6.45) is 2.35. The number of hydrogen-bond acceptors (Lipinski definition) is 4. The summed E-state index contributed by atoms with van der Waals surface area (Å²) in [5, 5.41) is 4.93. The number of aromatic nitrogens is 1. The molecule has 3 aromatic rings. The van der Waals surface area contributed by atoms with Gasteiger partial charge in [0.05, 0.1) is 16.9 Å². The standard InChI is InChI=1S/C19H17N3OS/c1-14-18(19(23)22-20-13-16-10-6-3-7-11-16)24-17(21-14)12-15-8-4-2-5-9-15/h2-11,13H,12H2,1H3,(H,22,23). The number of carbonyl (C=O) groups excluding carboxylic acids is 1. The lowest BCUT2D eigenvalue weighted by Gasteiger charge is -1.97. The van der Waals surface area contributed by atoms with Crippen LogP contribution in [0.1, 0.15) is 31.5 Å². The molecule has 120 valence electrons. The zero-order valence-electron chi connectivity index (χ0n) is 13.3. The van der Waals surface area contributed by atoms with Crippen LogP contribution in [0.2, 0.25) is 0 Å². The second-order valence-electron chi connectivity index (χ2n) is 5.29. The van der Waals surface area contributed by atoms with Crippen molar-refractivity contribution in [1.82, 2.24) is 10.4 Å². The zero-order valence-corrected chi connectivity index (χ0v) is 14.1. The van der Waals surface area contributed by atoms with E-state index < -0.39 is 0 Å². The fourth-order valence-corrected chi connectivity index (χ4v) is 3.25. The third-order valence-electron chi connectivity index (χ3n) is 3.42. The van der Waals surface area contributed by atoms with Gasteiger partial charge < -0.3 is 0 Å². The molecule has 2 aromatic carbocycles. The van der Waals surface area contributed by atoms with Crippen LogP contribution in [0, 0.1) is 6.92 Å². The van der Waals surface area contributed by atoms with Gasteiger partial charge in [-0.1, -0.05) is 60.7 Å². The monoisotopic (exact) mass is 335 g/mol. The number of aryl methyl sites for hydroxylation is 1. The van der Waals surface area contributed by atoms with Gasteiger partial charge in [-0.3, -0.25) is 4.79 Å². The first kappa shape index (κ1) is 16.1. The molecule has 1 N–H and O–H groups in total. The minimum atomic E-state index is -0.225. The van der Waals surface area contributed by atoms with Gasteiger partial charge in [-0.2, -0.15) is 5.10 Å². The van der Waals surface area contributed by atoms with Gasteiger partial charge in [-0.15, -0.1) is 11.3 Å². The van der Waals surface area contributed by atoms with E-state index in [1.807, 2.05) is 55.5 Å². The van der Waals surface area contributed by atoms with Gasteiger partial charge in [-0.25, -0.2) is 10.4 Å². The number of hydrogen-bond donors (Lipinski definition) is 1. The molecule has 5 heteroatoms. The molecule has 0 saturated carbocycles. The predicted molar refractivity (Wildman–Crippen MR) is 97.6 cm³/mol. The average Bonchev–Trinajstić information content (AvgIpc) is 2.97. The van der Waals surface area contributed by atoms with Crippen molar-refractivity contribution in [3.63, 3.8) is 0 Å². The lowest BCUT2D eigenvalue weighted by atomic mass is 10.2. The Kier molecular flexibility index (Phi) is 5.13. The molecule has 0 bridgehead atoms. The lowest BCUT2D eigenvalue weighted by molar-refractivity contribution is 0.0958. The SMILES string of the molecule is Cc1nc(Cc2ccccc2)sc1C(=O)NN=Cc1ccccc1. The number of amides is 1. The van der Waals surface area contributed by atoms with Crippen LogP contribution in [0.3, 0.4) is 0 Å². The fraction of sp³-hybridized carbons (Fsp3) is 0.105. The molecule has 4 nitrogen and oxygen atoms in total. The largest absolute Gasteiger partial charge is 0.283 e. The van der Waals surface area contributed by atoms with E-state index in [1.54, 1.807) is 6.21 Å². The highest BCUT2D eigenvalue weighted by molar-refractivity contribution is 7.13. The van der Waals surface area contributed by atoms with Crippen LogP contribution in [0.5, 0.6) is 0 Å². The summed E-state index contributed by atoms with van der Waals surface area (Å²) in [5.74, 6) is -0.225. The Hall–Kier alpha value is -2.79. The number of rotatable bonds is 5. The summed E-state index contributed by atoms with van der Waals surface area (Å²) in [6, 6.07) is 19.7. The molecular formula is C19H17N3OS. The van der Waals surface area contributed by atoms with Crippen LogP contribution < -0.4 is 5.43 Å². The van der Waals surface area contributed by atoms with Crippen molar-refractivity contribution in [2.45, 2.75) is 13.3 Å². The highest BCUT2D eigenvalue weighted by Crippen LogP contribution is 2.20. The van der Waals surface area contributed by atoms with Crippen molar-refractivity contribution in [1.29, 1.82) is 0 Å². The Balaban J connectivity index is 1.66. The van der Waals surface area contributed by atoms with E-state index in [2.05, 4.69) is 27.6 Å². The molecule has 0 spiro atoms. The van der Waals surface area contributed by atoms with E-state index >= 15 is 0 Å². The Labute approximate surface area is 144 Å². The quantitative estimate of drug-likeness (QED) is 0.569. The van der Waals surface area contributed by atoms with Crippen LogP contribution in [0.4, 0.5) is 0 Å². The predicted octanol–water partition coefficient (Wildman–Crippen LogP) is 3.81. The van der Waals surface area contributed by atoms with Crippen molar-refractivity contribution in [3.05, 3.63) is 87.4 Å². The summed E-state index contributed by atoms with van der Waals surface area (Å²) in [4.78, 5) is 17.4. The second-order valence-corrected chi connectivity index (χ2v) is 6.38. The van der Waals surface area contributed by atoms with Gasteiger partial charge in [-0.05, 0) is 18.1 Å². The average molecular weight is 335 g/mol. The second kappa shape index (κ2) is 7.66. The van der Waals surface area contributed by atoms with Crippen LogP contribution in [-0.2, 0) is 6.42 Å². The summed E-state index contributed by atoms with van der Waals surface area (Å²) < 4.78 is 0. The summed E-state index contributed by atoms with van der Waals surface area (Å²) in [5.41, 5.74) is 5.42. The minimum absolute atomic E-state index is 0.225. The van der Waals surface area contributed by atoms with Gasteiger partial charge in [0.1, 0.15) is 4.88 Å². The van der Waals surface area contributed by atoms with Gasteiger partial charge in [0.15, 0.2) is 0 Å². The first-order chi connectivity index (χ1) is 11.7. The van der Waals surface area contributed by atoms with Crippen molar-refractivity contribution in [3.8, 4) is 0 Å². The lowest BCUT2D eigenvalue weighted by Crippen LogP contribution is -2.17. The maximum Gasteiger partial charge on any atom is 0.283 e. The molecule has 24 heavy (non-hydrogen) atoms. The normalized spacial score (nSPS) is 10.9. The molecule has 1 aromatic heterocycles. The first-order valence-electron chi connectivity index (χ1n) is 7.61. The van der Waals surface area contributed by atoms with Crippen LogP contribution in [-0.4, -0.2) is 17.1 Å². The van der Waals surface area contributed by atoms with E-state index in [0.717, 1.165) is 22.7 Å². The van der Waals surface area contributed by atoms with Crippen LogP contribution in [0.25, 0.3) is 0 Å². The number of nitrogens with one attached hydrogen (secondary N) is 1. The van der Waals surface area contributed by atoms with E-state index in [4.69, 9.17) is 0 Å². The van der Waals surface area contributed by atoms with Crippen LogP contribution in [0.15, 0.2) is 65.8 Å². The third kappa shape index (κ3) is 4.14. The zero-order chi connectivity index (χ0) is 16.8.